The molecule has 3 aromatic rings. The van der Waals surface area contributed by atoms with Crippen molar-refractivity contribution in [2.45, 2.75) is 66.0 Å². The zero-order valence-electron chi connectivity index (χ0n) is 24.8. The van der Waals surface area contributed by atoms with Crippen LogP contribution in [0.25, 0.3) is 0 Å². The van der Waals surface area contributed by atoms with Crippen LogP contribution < -0.4 is 4.90 Å². The van der Waals surface area contributed by atoms with Crippen LogP contribution in [0, 0.1) is 11.7 Å². The van der Waals surface area contributed by atoms with Crippen LogP contribution in [-0.4, -0.2) is 68.9 Å². The summed E-state index contributed by atoms with van der Waals surface area (Å²) in [4.78, 5) is 42.0. The highest BCUT2D eigenvalue weighted by molar-refractivity contribution is 6.06. The number of aryl methyl sites for hydroxylation is 1. The van der Waals surface area contributed by atoms with Crippen molar-refractivity contribution >= 4 is 17.5 Å². The summed E-state index contributed by atoms with van der Waals surface area (Å²) >= 11 is 0. The molecule has 8 nitrogen and oxygen atoms in total. The summed E-state index contributed by atoms with van der Waals surface area (Å²) in [5.41, 5.74) is 1.73. The number of benzene rings is 1. The van der Waals surface area contributed by atoms with Gasteiger partial charge in [0.1, 0.15) is 11.6 Å². The number of hydrogen-bond acceptors (Lipinski definition) is 5. The predicted molar refractivity (Wildman–Crippen MR) is 159 cm³/mol. The monoisotopic (exact) mass is 562 g/mol. The van der Waals surface area contributed by atoms with Gasteiger partial charge in [0.25, 0.3) is 5.91 Å². The molecular formula is C32H43FN6O2. The number of aromatic nitrogens is 3. The highest BCUT2D eigenvalue weighted by Gasteiger charge is 2.25. The van der Waals surface area contributed by atoms with Crippen LogP contribution in [0.2, 0.25) is 0 Å². The fraction of sp³-hybridized carbons (Fsp3) is 0.500. The number of carbonyl (C=O) groups excluding carboxylic acids is 2. The highest BCUT2D eigenvalue weighted by Crippen LogP contribution is 2.27. The maximum Gasteiger partial charge on any atom is 0.259 e. The van der Waals surface area contributed by atoms with E-state index in [0.717, 1.165) is 38.3 Å². The Bertz CT molecular complexity index is 1290. The molecule has 1 aliphatic rings. The molecule has 1 aliphatic heterocycles. The van der Waals surface area contributed by atoms with Gasteiger partial charge in [-0.2, -0.15) is 0 Å². The SMILES string of the molecule is CC(C)CN1CCCN(C(=O)CCn2ccnc2C(C)C)Cc2cc(F)ccc2N(C(=O)c2cccnc2)CCC1. The molecule has 41 heavy (non-hydrogen) atoms. The molecule has 0 aliphatic carbocycles. The van der Waals surface area contributed by atoms with E-state index in [1.807, 2.05) is 15.7 Å². The first-order valence-corrected chi connectivity index (χ1v) is 14.7. The number of hydrogen-bond donors (Lipinski definition) is 0. The summed E-state index contributed by atoms with van der Waals surface area (Å²) in [6, 6.07) is 8.00. The van der Waals surface area contributed by atoms with Gasteiger partial charge in [-0.1, -0.05) is 27.7 Å². The number of anilines is 1. The molecule has 0 N–H and O–H groups in total. The summed E-state index contributed by atoms with van der Waals surface area (Å²) in [5.74, 6) is 1.14. The van der Waals surface area contributed by atoms with Gasteiger partial charge in [-0.05, 0) is 67.7 Å². The van der Waals surface area contributed by atoms with Gasteiger partial charge in [0.15, 0.2) is 0 Å². The van der Waals surface area contributed by atoms with E-state index in [4.69, 9.17) is 0 Å². The first kappa shape index (κ1) is 30.4. The fourth-order valence-corrected chi connectivity index (χ4v) is 5.55. The van der Waals surface area contributed by atoms with Crippen molar-refractivity contribution in [3.63, 3.8) is 0 Å². The number of halogens is 1. The van der Waals surface area contributed by atoms with E-state index in [2.05, 4.69) is 42.6 Å². The first-order valence-electron chi connectivity index (χ1n) is 14.7. The molecule has 220 valence electrons. The standard InChI is InChI=1S/C32H43FN6O2/c1-24(2)22-36-14-6-16-38(30(40)11-18-37-19-13-35-31(37)25(3)4)23-27-20-28(33)9-10-29(27)39(17-7-15-36)32(41)26-8-5-12-34-21-26/h5,8-10,12-13,19-21,24-25H,6-7,11,14-18,22-23H2,1-4H3. The minimum atomic E-state index is -0.389. The molecule has 9 heteroatoms. The van der Waals surface area contributed by atoms with Crippen molar-refractivity contribution in [2.75, 3.05) is 37.6 Å². The van der Waals surface area contributed by atoms with Crippen molar-refractivity contribution in [2.24, 2.45) is 5.92 Å². The van der Waals surface area contributed by atoms with Crippen molar-refractivity contribution in [1.29, 1.82) is 0 Å². The molecule has 0 fully saturated rings. The molecule has 3 heterocycles. The van der Waals surface area contributed by atoms with Gasteiger partial charge >= 0.3 is 0 Å². The van der Waals surface area contributed by atoms with Gasteiger partial charge in [0.05, 0.1) is 5.56 Å². The number of imidazole rings is 1. The molecule has 0 atom stereocenters. The van der Waals surface area contributed by atoms with Crippen LogP contribution in [0.3, 0.4) is 0 Å². The molecule has 0 spiro atoms. The lowest BCUT2D eigenvalue weighted by atomic mass is 10.1. The van der Waals surface area contributed by atoms with Gasteiger partial charge in [-0.15, -0.1) is 0 Å². The third-order valence-electron chi connectivity index (χ3n) is 7.41. The molecular weight excluding hydrogens is 519 g/mol. The van der Waals surface area contributed by atoms with Gasteiger partial charge < -0.3 is 19.3 Å². The zero-order valence-corrected chi connectivity index (χ0v) is 24.8. The number of pyridine rings is 1. The predicted octanol–water partition coefficient (Wildman–Crippen LogP) is 5.36. The van der Waals surface area contributed by atoms with Crippen LogP contribution >= 0.6 is 0 Å². The molecule has 0 saturated heterocycles. The number of rotatable bonds is 7. The van der Waals surface area contributed by atoms with Crippen LogP contribution in [-0.2, 0) is 17.9 Å². The lowest BCUT2D eigenvalue weighted by Gasteiger charge is -2.32. The molecule has 2 amide bonds. The normalized spacial score (nSPS) is 15.5. The van der Waals surface area contributed by atoms with E-state index in [1.54, 1.807) is 41.7 Å². The third kappa shape index (κ3) is 8.22. The first-order chi connectivity index (χ1) is 19.7. The van der Waals surface area contributed by atoms with E-state index in [-0.39, 0.29) is 30.1 Å². The second kappa shape index (κ2) is 14.3. The summed E-state index contributed by atoms with van der Waals surface area (Å²) < 4.78 is 16.7. The lowest BCUT2D eigenvalue weighted by molar-refractivity contribution is -0.132. The summed E-state index contributed by atoms with van der Waals surface area (Å²) in [7, 11) is 0. The topological polar surface area (TPSA) is 74.6 Å². The Morgan fingerprint density at radius 3 is 2.49 bits per heavy atom. The minimum Gasteiger partial charge on any atom is -0.338 e. The van der Waals surface area contributed by atoms with E-state index >= 15 is 0 Å². The maximum absolute atomic E-state index is 14.6. The Hall–Kier alpha value is -3.59. The Balaban J connectivity index is 1.65. The van der Waals surface area contributed by atoms with E-state index < -0.39 is 0 Å². The molecule has 4 rings (SSSR count). The summed E-state index contributed by atoms with van der Waals surface area (Å²) in [5, 5.41) is 0. The molecule has 0 saturated carbocycles. The van der Waals surface area contributed by atoms with Crippen molar-refractivity contribution < 1.29 is 14.0 Å². The summed E-state index contributed by atoms with van der Waals surface area (Å²) in [6.45, 7) is 13.0. The fourth-order valence-electron chi connectivity index (χ4n) is 5.55. The lowest BCUT2D eigenvalue weighted by Crippen LogP contribution is -2.40. The zero-order chi connectivity index (χ0) is 29.4. The number of carbonyl (C=O) groups is 2. The second-order valence-electron chi connectivity index (χ2n) is 11.6. The number of fused-ring (bicyclic) bond motifs is 1. The van der Waals surface area contributed by atoms with Crippen molar-refractivity contribution in [3.05, 3.63) is 77.9 Å². The van der Waals surface area contributed by atoms with Crippen LogP contribution in [0.15, 0.2) is 55.1 Å². The van der Waals surface area contributed by atoms with Crippen LogP contribution in [0.4, 0.5) is 10.1 Å². The van der Waals surface area contributed by atoms with E-state index in [0.29, 0.717) is 48.8 Å². The molecule has 0 unspecified atom stereocenters. The molecule has 1 aromatic carbocycles. The van der Waals surface area contributed by atoms with E-state index in [1.165, 1.54) is 12.1 Å². The largest absolute Gasteiger partial charge is 0.338 e. The second-order valence-corrected chi connectivity index (χ2v) is 11.6. The number of amides is 2. The van der Waals surface area contributed by atoms with Gasteiger partial charge in [-0.25, -0.2) is 9.37 Å². The van der Waals surface area contributed by atoms with Gasteiger partial charge in [0.2, 0.25) is 5.91 Å². The quantitative estimate of drug-likeness (QED) is 0.388. The Labute approximate surface area is 243 Å². The van der Waals surface area contributed by atoms with Crippen LogP contribution in [0.5, 0.6) is 0 Å². The maximum atomic E-state index is 14.6. The Morgan fingerprint density at radius 1 is 1.00 bits per heavy atom. The number of nitrogens with zero attached hydrogens (tertiary/aromatic N) is 6. The van der Waals surface area contributed by atoms with E-state index in [9.17, 15) is 14.0 Å². The van der Waals surface area contributed by atoms with Crippen molar-refractivity contribution in [1.82, 2.24) is 24.3 Å². The Kier molecular flexibility index (Phi) is 10.6. The molecule has 0 bridgehead atoms. The van der Waals surface area contributed by atoms with Crippen molar-refractivity contribution in [3.8, 4) is 0 Å². The molecule has 0 radical (unpaired) electrons. The summed E-state index contributed by atoms with van der Waals surface area (Å²) in [6.07, 6.45) is 8.79. The minimum absolute atomic E-state index is 0.00113. The van der Waals surface area contributed by atoms with Gasteiger partial charge in [0, 0.05) is 75.5 Å². The van der Waals surface area contributed by atoms with Gasteiger partial charge in [-0.3, -0.25) is 14.6 Å². The van der Waals surface area contributed by atoms with Crippen LogP contribution in [0.1, 0.15) is 74.6 Å². The third-order valence-corrected chi connectivity index (χ3v) is 7.41. The highest BCUT2D eigenvalue weighted by atomic mass is 19.1. The average molecular weight is 563 g/mol. The average Bonchev–Trinajstić information content (AvgIpc) is 3.42. The Morgan fingerprint density at radius 2 is 1.78 bits per heavy atom. The smallest absolute Gasteiger partial charge is 0.259 e. The molecule has 2 aromatic heterocycles.